The fourth-order valence-corrected chi connectivity index (χ4v) is 5.40. The SMILES string of the molecule is CC1=C(C(=O)OCC(C)C)[C@H](c2cccc3ccccc23)C2=C(C[C@H](c3ccccc3)CC2=O)N1. The fraction of sp³-hybridized carbons (Fsp3) is 0.290. The quantitative estimate of drug-likeness (QED) is 0.443. The number of Topliss-reactive ketones (excluding diaryl/α,β-unsaturated/α-hetero) is 1. The summed E-state index contributed by atoms with van der Waals surface area (Å²) in [4.78, 5) is 27.2. The average Bonchev–Trinajstić information content (AvgIpc) is 2.86. The maximum absolute atomic E-state index is 13.8. The number of dihydropyridines is 1. The lowest BCUT2D eigenvalue weighted by Crippen LogP contribution is -2.36. The Morgan fingerprint density at radius 1 is 0.971 bits per heavy atom. The van der Waals surface area contributed by atoms with Crippen LogP contribution in [0.5, 0.6) is 0 Å². The summed E-state index contributed by atoms with van der Waals surface area (Å²) in [5.74, 6) is -0.380. The second-order valence-electron chi connectivity index (χ2n) is 9.99. The Labute approximate surface area is 206 Å². The van der Waals surface area contributed by atoms with Crippen molar-refractivity contribution >= 4 is 22.5 Å². The van der Waals surface area contributed by atoms with E-state index >= 15 is 0 Å². The average molecular weight is 466 g/mol. The molecule has 0 radical (unpaired) electrons. The van der Waals surface area contributed by atoms with E-state index in [0.29, 0.717) is 24.2 Å². The van der Waals surface area contributed by atoms with Crippen molar-refractivity contribution in [1.82, 2.24) is 5.32 Å². The maximum atomic E-state index is 13.8. The molecule has 35 heavy (non-hydrogen) atoms. The number of hydrogen-bond donors (Lipinski definition) is 1. The molecule has 0 fully saturated rings. The second-order valence-corrected chi connectivity index (χ2v) is 9.99. The molecular formula is C31H31NO3. The highest BCUT2D eigenvalue weighted by Gasteiger charge is 2.41. The summed E-state index contributed by atoms with van der Waals surface area (Å²) in [5, 5.41) is 5.59. The Bertz CT molecular complexity index is 1340. The zero-order chi connectivity index (χ0) is 24.5. The van der Waals surface area contributed by atoms with Crippen LogP contribution >= 0.6 is 0 Å². The first-order valence-corrected chi connectivity index (χ1v) is 12.4. The summed E-state index contributed by atoms with van der Waals surface area (Å²) in [5.41, 5.74) is 5.06. The Hall–Kier alpha value is -3.66. The number of carbonyl (C=O) groups excluding carboxylic acids is 2. The molecule has 3 aromatic rings. The lowest BCUT2D eigenvalue weighted by Gasteiger charge is -2.37. The number of nitrogens with one attached hydrogen (secondary N) is 1. The molecular weight excluding hydrogens is 434 g/mol. The molecule has 0 aromatic heterocycles. The van der Waals surface area contributed by atoms with E-state index in [4.69, 9.17) is 4.74 Å². The van der Waals surface area contributed by atoms with Crippen molar-refractivity contribution in [2.45, 2.75) is 45.4 Å². The number of fused-ring (bicyclic) bond motifs is 1. The molecule has 0 unspecified atom stereocenters. The van der Waals surface area contributed by atoms with Gasteiger partial charge >= 0.3 is 5.97 Å². The molecule has 1 aliphatic carbocycles. The fourth-order valence-electron chi connectivity index (χ4n) is 5.40. The molecule has 1 aliphatic heterocycles. The molecule has 2 atom stereocenters. The minimum Gasteiger partial charge on any atom is -0.462 e. The highest BCUT2D eigenvalue weighted by molar-refractivity contribution is 6.05. The predicted molar refractivity (Wildman–Crippen MR) is 139 cm³/mol. The van der Waals surface area contributed by atoms with Crippen LogP contribution in [0.25, 0.3) is 10.8 Å². The van der Waals surface area contributed by atoms with Crippen molar-refractivity contribution in [1.29, 1.82) is 0 Å². The van der Waals surface area contributed by atoms with Crippen molar-refractivity contribution in [2.75, 3.05) is 6.61 Å². The number of hydrogen-bond acceptors (Lipinski definition) is 4. The van der Waals surface area contributed by atoms with Crippen molar-refractivity contribution in [3.63, 3.8) is 0 Å². The minimum absolute atomic E-state index is 0.0900. The molecule has 1 heterocycles. The van der Waals surface area contributed by atoms with Gasteiger partial charge in [0.2, 0.25) is 0 Å². The largest absolute Gasteiger partial charge is 0.462 e. The molecule has 4 nitrogen and oxygen atoms in total. The zero-order valence-electron chi connectivity index (χ0n) is 20.5. The Kier molecular flexibility index (Phi) is 6.29. The number of esters is 1. The Morgan fingerprint density at radius 3 is 2.46 bits per heavy atom. The highest BCUT2D eigenvalue weighted by atomic mass is 16.5. The molecule has 0 bridgehead atoms. The maximum Gasteiger partial charge on any atom is 0.336 e. The third-order valence-electron chi connectivity index (χ3n) is 7.00. The van der Waals surface area contributed by atoms with Crippen LogP contribution in [0.2, 0.25) is 0 Å². The van der Waals surface area contributed by atoms with Crippen LogP contribution in [0.3, 0.4) is 0 Å². The summed E-state index contributed by atoms with van der Waals surface area (Å²) in [7, 11) is 0. The summed E-state index contributed by atoms with van der Waals surface area (Å²) in [6, 6.07) is 24.5. The number of rotatable bonds is 5. The standard InChI is InChI=1S/C31H31NO3/c1-19(2)18-35-31(34)28-20(3)32-26-16-23(21-10-5-4-6-11-21)17-27(33)30(26)29(28)25-15-9-13-22-12-7-8-14-24(22)25/h4-15,19,23,29,32H,16-18H2,1-3H3/t23-,29-/m0/s1. The lowest BCUT2D eigenvalue weighted by molar-refractivity contribution is -0.140. The first kappa shape index (κ1) is 23.1. The van der Waals surface area contributed by atoms with Crippen LogP contribution in [0, 0.1) is 5.92 Å². The molecule has 3 aromatic carbocycles. The molecule has 0 saturated heterocycles. The smallest absolute Gasteiger partial charge is 0.336 e. The van der Waals surface area contributed by atoms with Gasteiger partial charge in [0.15, 0.2) is 5.78 Å². The van der Waals surface area contributed by atoms with Gasteiger partial charge in [-0.1, -0.05) is 86.6 Å². The summed E-state index contributed by atoms with van der Waals surface area (Å²) < 4.78 is 5.71. The molecule has 0 amide bonds. The van der Waals surface area contributed by atoms with E-state index in [0.717, 1.165) is 34.2 Å². The van der Waals surface area contributed by atoms with Crippen molar-refractivity contribution in [2.24, 2.45) is 5.92 Å². The molecule has 0 spiro atoms. The van der Waals surface area contributed by atoms with Gasteiger partial charge in [-0.2, -0.15) is 0 Å². The summed E-state index contributed by atoms with van der Waals surface area (Å²) in [6.45, 7) is 6.30. The molecule has 1 N–H and O–H groups in total. The van der Waals surface area contributed by atoms with E-state index in [1.165, 1.54) is 5.56 Å². The van der Waals surface area contributed by atoms with Gasteiger partial charge in [-0.15, -0.1) is 0 Å². The third-order valence-corrected chi connectivity index (χ3v) is 7.00. The topological polar surface area (TPSA) is 55.4 Å². The Morgan fingerprint density at radius 2 is 1.69 bits per heavy atom. The zero-order valence-corrected chi connectivity index (χ0v) is 20.5. The van der Waals surface area contributed by atoms with Gasteiger partial charge in [0.1, 0.15) is 0 Å². The van der Waals surface area contributed by atoms with Crippen LogP contribution in [0.15, 0.2) is 95.3 Å². The number of ether oxygens (including phenoxy) is 1. The molecule has 0 saturated carbocycles. The van der Waals surface area contributed by atoms with Gasteiger partial charge < -0.3 is 10.1 Å². The van der Waals surface area contributed by atoms with Gasteiger partial charge in [0, 0.05) is 29.3 Å². The van der Waals surface area contributed by atoms with Gasteiger partial charge in [-0.25, -0.2) is 4.79 Å². The number of benzene rings is 3. The molecule has 4 heteroatoms. The first-order valence-electron chi connectivity index (χ1n) is 12.4. The van der Waals surface area contributed by atoms with Gasteiger partial charge in [0.05, 0.1) is 12.2 Å². The van der Waals surface area contributed by atoms with E-state index < -0.39 is 5.92 Å². The first-order chi connectivity index (χ1) is 16.9. The van der Waals surface area contributed by atoms with Crippen molar-refractivity contribution in [3.05, 3.63) is 106 Å². The van der Waals surface area contributed by atoms with Crippen molar-refractivity contribution in [3.8, 4) is 0 Å². The number of allylic oxidation sites excluding steroid dienone is 3. The molecule has 2 aliphatic rings. The van der Waals surface area contributed by atoms with E-state index in [2.05, 4.69) is 35.6 Å². The van der Waals surface area contributed by atoms with E-state index in [9.17, 15) is 9.59 Å². The molecule has 5 rings (SSSR count). The molecule has 178 valence electrons. The Balaban J connectivity index is 1.64. The van der Waals surface area contributed by atoms with Crippen LogP contribution in [-0.2, 0) is 14.3 Å². The minimum atomic E-state index is -0.457. The number of ketones is 1. The highest BCUT2D eigenvalue weighted by Crippen LogP contribution is 2.47. The summed E-state index contributed by atoms with van der Waals surface area (Å²) >= 11 is 0. The lowest BCUT2D eigenvalue weighted by atomic mass is 9.71. The van der Waals surface area contributed by atoms with Gasteiger partial charge in [-0.05, 0) is 47.1 Å². The van der Waals surface area contributed by atoms with Crippen molar-refractivity contribution < 1.29 is 14.3 Å². The van der Waals surface area contributed by atoms with Crippen LogP contribution in [-0.4, -0.2) is 18.4 Å². The van der Waals surface area contributed by atoms with Crippen LogP contribution < -0.4 is 5.32 Å². The second kappa shape index (κ2) is 9.53. The predicted octanol–water partition coefficient (Wildman–Crippen LogP) is 6.40. The van der Waals surface area contributed by atoms with E-state index in [1.54, 1.807) is 0 Å². The van der Waals surface area contributed by atoms with Gasteiger partial charge in [0.25, 0.3) is 0 Å². The summed E-state index contributed by atoms with van der Waals surface area (Å²) in [6.07, 6.45) is 1.16. The van der Waals surface area contributed by atoms with E-state index in [1.807, 2.05) is 63.2 Å². The van der Waals surface area contributed by atoms with E-state index in [-0.39, 0.29) is 23.6 Å². The van der Waals surface area contributed by atoms with Crippen LogP contribution in [0.1, 0.15) is 56.6 Å². The monoisotopic (exact) mass is 465 g/mol. The normalized spacial score (nSPS) is 20.2. The third kappa shape index (κ3) is 4.41. The van der Waals surface area contributed by atoms with Crippen LogP contribution in [0.4, 0.5) is 0 Å². The van der Waals surface area contributed by atoms with Gasteiger partial charge in [-0.3, -0.25) is 4.79 Å². The number of carbonyl (C=O) groups is 2.